The van der Waals surface area contributed by atoms with Crippen molar-refractivity contribution in [3.8, 4) is 5.75 Å². The molecule has 0 bridgehead atoms. The highest BCUT2D eigenvalue weighted by Gasteiger charge is 2.27. The van der Waals surface area contributed by atoms with Gasteiger partial charge in [-0.2, -0.15) is 0 Å². The van der Waals surface area contributed by atoms with Crippen LogP contribution in [0, 0.1) is 25.7 Å². The first-order valence-electron chi connectivity index (χ1n) is 11.1. The third-order valence-electron chi connectivity index (χ3n) is 5.68. The van der Waals surface area contributed by atoms with E-state index in [9.17, 15) is 0 Å². The Bertz CT molecular complexity index is 685. The molecule has 1 aliphatic rings. The molecule has 1 saturated carbocycles. The number of rotatable bonds is 7. The van der Waals surface area contributed by atoms with Crippen LogP contribution < -0.4 is 10.1 Å². The van der Waals surface area contributed by atoms with Crippen LogP contribution in [0.15, 0.2) is 48.5 Å². The molecule has 2 aromatic rings. The summed E-state index contributed by atoms with van der Waals surface area (Å²) in [5.41, 5.74) is 3.96. The van der Waals surface area contributed by atoms with E-state index in [-0.39, 0.29) is 1.43 Å². The van der Waals surface area contributed by atoms with E-state index in [0.717, 1.165) is 24.8 Å². The van der Waals surface area contributed by atoms with E-state index in [2.05, 4.69) is 74.6 Å². The minimum atomic E-state index is 0. The molecular formula is C26H41NO. The molecule has 156 valence electrons. The van der Waals surface area contributed by atoms with Crippen molar-refractivity contribution in [3.05, 3.63) is 65.2 Å². The lowest BCUT2D eigenvalue weighted by molar-refractivity contribution is 0.102. The fourth-order valence-corrected chi connectivity index (χ4v) is 4.00. The van der Waals surface area contributed by atoms with Gasteiger partial charge >= 0.3 is 0 Å². The van der Waals surface area contributed by atoms with Crippen molar-refractivity contribution in [1.82, 2.24) is 5.32 Å². The number of ether oxygens (including phenoxy) is 1. The summed E-state index contributed by atoms with van der Waals surface area (Å²) in [6.07, 6.45) is 5.36. The minimum absolute atomic E-state index is 0. The summed E-state index contributed by atoms with van der Waals surface area (Å²) in [5, 5.41) is 3.65. The van der Waals surface area contributed by atoms with Gasteiger partial charge in [-0.1, -0.05) is 62.7 Å². The molecule has 0 saturated heterocycles. The van der Waals surface area contributed by atoms with Crippen LogP contribution in [0.3, 0.4) is 0 Å². The molecule has 2 aromatic carbocycles. The number of aryl methyl sites for hydroxylation is 2. The normalized spacial score (nSPS) is 20.0. The van der Waals surface area contributed by atoms with E-state index in [1.807, 2.05) is 13.8 Å². The molecule has 28 heavy (non-hydrogen) atoms. The van der Waals surface area contributed by atoms with E-state index in [4.69, 9.17) is 4.74 Å². The number of hydrogen-bond donors (Lipinski definition) is 1. The van der Waals surface area contributed by atoms with Gasteiger partial charge in [-0.3, -0.25) is 0 Å². The van der Waals surface area contributed by atoms with Crippen LogP contribution in [0.25, 0.3) is 0 Å². The zero-order valence-corrected chi connectivity index (χ0v) is 18.5. The van der Waals surface area contributed by atoms with Crippen molar-refractivity contribution >= 4 is 0 Å². The van der Waals surface area contributed by atoms with Crippen molar-refractivity contribution in [3.63, 3.8) is 0 Å². The van der Waals surface area contributed by atoms with Gasteiger partial charge in [-0.15, -0.1) is 0 Å². The van der Waals surface area contributed by atoms with Gasteiger partial charge in [0, 0.05) is 7.97 Å². The summed E-state index contributed by atoms with van der Waals surface area (Å²) in [4.78, 5) is 0. The highest BCUT2D eigenvalue weighted by atomic mass is 16.5. The van der Waals surface area contributed by atoms with Crippen LogP contribution in [-0.4, -0.2) is 12.6 Å². The molecule has 3 rings (SSSR count). The molecule has 0 aromatic heterocycles. The Balaban J connectivity index is 0.00000136. The summed E-state index contributed by atoms with van der Waals surface area (Å²) in [5.74, 6) is 2.47. The SMILES string of the molecule is CC.Cc1ccc(CNCC(C)[C@H]2CCC[C@@H](Oc3cccc(C)c3)C2)cc1.[HH]. The van der Waals surface area contributed by atoms with Gasteiger partial charge in [0.25, 0.3) is 0 Å². The van der Waals surface area contributed by atoms with Crippen molar-refractivity contribution in [2.24, 2.45) is 11.8 Å². The molecular weight excluding hydrogens is 342 g/mol. The van der Waals surface area contributed by atoms with Crippen LogP contribution >= 0.6 is 0 Å². The van der Waals surface area contributed by atoms with Gasteiger partial charge in [0.1, 0.15) is 5.75 Å². The molecule has 0 spiro atoms. The Kier molecular flexibility index (Phi) is 9.57. The highest BCUT2D eigenvalue weighted by molar-refractivity contribution is 5.27. The Morgan fingerprint density at radius 2 is 1.79 bits per heavy atom. The zero-order valence-electron chi connectivity index (χ0n) is 18.5. The fraction of sp³-hybridized carbons (Fsp3) is 0.538. The Labute approximate surface area is 174 Å². The summed E-state index contributed by atoms with van der Waals surface area (Å²) in [6, 6.07) is 17.3. The second kappa shape index (κ2) is 11.9. The molecule has 0 aliphatic heterocycles. The van der Waals surface area contributed by atoms with Gasteiger partial charge in [-0.25, -0.2) is 0 Å². The molecule has 2 heteroatoms. The van der Waals surface area contributed by atoms with Crippen LogP contribution in [0.1, 0.15) is 64.6 Å². The first-order valence-corrected chi connectivity index (χ1v) is 11.1. The minimum Gasteiger partial charge on any atom is -0.490 e. The second-order valence-electron chi connectivity index (χ2n) is 8.08. The van der Waals surface area contributed by atoms with E-state index in [1.165, 1.54) is 42.4 Å². The highest BCUT2D eigenvalue weighted by Crippen LogP contribution is 2.32. The smallest absolute Gasteiger partial charge is 0.119 e. The fourth-order valence-electron chi connectivity index (χ4n) is 4.00. The molecule has 3 atom stereocenters. The maximum atomic E-state index is 6.28. The van der Waals surface area contributed by atoms with Crippen LogP contribution in [-0.2, 0) is 6.54 Å². The van der Waals surface area contributed by atoms with E-state index in [1.54, 1.807) is 0 Å². The van der Waals surface area contributed by atoms with Crippen molar-refractivity contribution in [2.45, 2.75) is 73.0 Å². The third kappa shape index (κ3) is 7.31. The van der Waals surface area contributed by atoms with Crippen LogP contribution in [0.4, 0.5) is 0 Å². The average molecular weight is 384 g/mol. The summed E-state index contributed by atoms with van der Waals surface area (Å²) in [7, 11) is 0. The van der Waals surface area contributed by atoms with Gasteiger partial charge in [0.05, 0.1) is 6.10 Å². The predicted octanol–water partition coefficient (Wildman–Crippen LogP) is 6.94. The second-order valence-corrected chi connectivity index (χ2v) is 8.08. The Morgan fingerprint density at radius 1 is 1.04 bits per heavy atom. The van der Waals surface area contributed by atoms with Crippen molar-refractivity contribution in [2.75, 3.05) is 6.54 Å². The summed E-state index contributed by atoms with van der Waals surface area (Å²) < 4.78 is 6.28. The standard InChI is InChI=1S/C24H33NO.C2H6.H2/c1-18-10-12-21(13-11-18)17-25-16-20(3)22-7-5-9-24(15-22)26-23-8-4-6-19(2)14-23;1-2;/h4,6,8,10-14,20,22,24-25H,5,7,9,15-17H2,1-3H3;1-2H3;1H/t20?,22-,24+;;/m0../s1. The van der Waals surface area contributed by atoms with Crippen molar-refractivity contribution in [1.29, 1.82) is 0 Å². The average Bonchev–Trinajstić information content (AvgIpc) is 2.71. The maximum Gasteiger partial charge on any atom is 0.119 e. The lowest BCUT2D eigenvalue weighted by Gasteiger charge is -2.33. The monoisotopic (exact) mass is 383 g/mol. The molecule has 1 N–H and O–H groups in total. The molecule has 0 amide bonds. The quantitative estimate of drug-likeness (QED) is 0.559. The molecule has 1 unspecified atom stereocenters. The molecule has 2 nitrogen and oxygen atoms in total. The first kappa shape index (κ1) is 22.5. The van der Waals surface area contributed by atoms with E-state index in [0.29, 0.717) is 12.0 Å². The summed E-state index contributed by atoms with van der Waals surface area (Å²) in [6.45, 7) is 12.7. The lowest BCUT2D eigenvalue weighted by atomic mass is 9.79. The van der Waals surface area contributed by atoms with Gasteiger partial charge < -0.3 is 10.1 Å². The predicted molar refractivity (Wildman–Crippen MR) is 123 cm³/mol. The largest absolute Gasteiger partial charge is 0.490 e. The first-order chi connectivity index (χ1) is 13.6. The van der Waals surface area contributed by atoms with Gasteiger partial charge in [-0.05, 0) is 81.2 Å². The number of hydrogen-bond acceptors (Lipinski definition) is 2. The van der Waals surface area contributed by atoms with Crippen molar-refractivity contribution < 1.29 is 6.16 Å². The van der Waals surface area contributed by atoms with Gasteiger partial charge in [0.2, 0.25) is 0 Å². The van der Waals surface area contributed by atoms with Crippen LogP contribution in [0.2, 0.25) is 0 Å². The Hall–Kier alpha value is -1.80. The molecule has 0 heterocycles. The molecule has 1 aliphatic carbocycles. The molecule has 1 fully saturated rings. The number of benzene rings is 2. The Morgan fingerprint density at radius 3 is 2.50 bits per heavy atom. The lowest BCUT2D eigenvalue weighted by Crippen LogP contribution is -2.33. The van der Waals surface area contributed by atoms with E-state index >= 15 is 0 Å². The van der Waals surface area contributed by atoms with Gasteiger partial charge in [0.15, 0.2) is 0 Å². The molecule has 0 radical (unpaired) electrons. The number of nitrogens with one attached hydrogen (secondary N) is 1. The topological polar surface area (TPSA) is 21.3 Å². The third-order valence-corrected chi connectivity index (χ3v) is 5.68. The van der Waals surface area contributed by atoms with Crippen LogP contribution in [0.5, 0.6) is 5.75 Å². The van der Waals surface area contributed by atoms with E-state index < -0.39 is 0 Å². The summed E-state index contributed by atoms with van der Waals surface area (Å²) >= 11 is 0. The zero-order chi connectivity index (χ0) is 20.4. The maximum absolute atomic E-state index is 6.28.